The number of urea groups is 1. The minimum Gasteiger partial charge on any atom is -0.508 e. The number of amides is 2. The molecule has 3 aromatic rings. The molecule has 0 aliphatic carbocycles. The molecule has 114 valence electrons. The Balaban J connectivity index is 1.66. The summed E-state index contributed by atoms with van der Waals surface area (Å²) in [5.41, 5.74) is 3.26. The summed E-state index contributed by atoms with van der Waals surface area (Å²) in [6.45, 7) is 0.452. The zero-order valence-corrected chi connectivity index (χ0v) is 11.9. The lowest BCUT2D eigenvalue weighted by Crippen LogP contribution is -2.33. The first-order valence-corrected chi connectivity index (χ1v) is 7.00. The van der Waals surface area contributed by atoms with Crippen LogP contribution in [-0.4, -0.2) is 21.3 Å². The van der Waals surface area contributed by atoms with Crippen LogP contribution in [0, 0.1) is 0 Å². The van der Waals surface area contributed by atoms with Crippen LogP contribution < -0.4 is 10.6 Å². The summed E-state index contributed by atoms with van der Waals surface area (Å²) in [5, 5.41) is 18.7. The second kappa shape index (κ2) is 5.13. The van der Waals surface area contributed by atoms with Crippen LogP contribution >= 0.6 is 0 Å². The molecule has 0 saturated heterocycles. The van der Waals surface area contributed by atoms with Gasteiger partial charge in [0.05, 0.1) is 0 Å². The minimum absolute atomic E-state index is 0.182. The fourth-order valence-electron chi connectivity index (χ4n) is 2.41. The summed E-state index contributed by atoms with van der Waals surface area (Å²) < 4.78 is 5.32. The number of phenols is 1. The Hall–Kier alpha value is -3.35. The second-order valence-electron chi connectivity index (χ2n) is 5.15. The Morgan fingerprint density at radius 1 is 1.09 bits per heavy atom. The van der Waals surface area contributed by atoms with E-state index in [1.165, 1.54) is 0 Å². The smallest absolute Gasteiger partial charge is 0.319 e. The normalized spacial score (nSPS) is 13.1. The van der Waals surface area contributed by atoms with Gasteiger partial charge in [-0.3, -0.25) is 0 Å². The maximum Gasteiger partial charge on any atom is 0.319 e. The Kier molecular flexibility index (Phi) is 2.97. The van der Waals surface area contributed by atoms with Crippen molar-refractivity contribution in [3.63, 3.8) is 0 Å². The summed E-state index contributed by atoms with van der Waals surface area (Å²) in [6.07, 6.45) is 0. The van der Waals surface area contributed by atoms with Crippen molar-refractivity contribution in [3.8, 4) is 28.6 Å². The number of fused-ring (bicyclic) bond motifs is 1. The number of hydrogen-bond acceptors (Lipinski definition) is 5. The number of anilines is 1. The molecule has 4 rings (SSSR count). The maximum atomic E-state index is 11.3. The first-order valence-electron chi connectivity index (χ1n) is 7.00. The van der Waals surface area contributed by atoms with E-state index in [2.05, 4.69) is 20.8 Å². The van der Waals surface area contributed by atoms with Crippen molar-refractivity contribution in [2.24, 2.45) is 0 Å². The molecule has 3 N–H and O–H groups in total. The highest BCUT2D eigenvalue weighted by atomic mass is 16.5. The lowest BCUT2D eigenvalue weighted by molar-refractivity contribution is 0.251. The van der Waals surface area contributed by atoms with E-state index in [4.69, 9.17) is 4.52 Å². The van der Waals surface area contributed by atoms with Gasteiger partial charge in [0, 0.05) is 23.4 Å². The van der Waals surface area contributed by atoms with Gasteiger partial charge in [-0.2, -0.15) is 4.98 Å². The number of aromatic nitrogens is 2. The van der Waals surface area contributed by atoms with Gasteiger partial charge in [-0.25, -0.2) is 4.79 Å². The van der Waals surface area contributed by atoms with Crippen LogP contribution in [0.25, 0.3) is 22.8 Å². The monoisotopic (exact) mass is 308 g/mol. The Morgan fingerprint density at radius 2 is 1.87 bits per heavy atom. The van der Waals surface area contributed by atoms with Crippen LogP contribution in [0.2, 0.25) is 0 Å². The number of hydrogen-bond donors (Lipinski definition) is 3. The standard InChI is InChI=1S/C16H12N4O3/c21-12-4-1-9(2-5-12)14-19-15(23-20-14)10-3-6-13-11(7-10)8-17-16(22)18-13/h1-7,21H,8H2,(H2,17,18,22). The highest BCUT2D eigenvalue weighted by molar-refractivity contribution is 5.92. The van der Waals surface area contributed by atoms with Crippen molar-refractivity contribution >= 4 is 11.7 Å². The number of nitrogens with one attached hydrogen (secondary N) is 2. The molecule has 0 saturated carbocycles. The molecule has 0 unspecified atom stereocenters. The van der Waals surface area contributed by atoms with Crippen molar-refractivity contribution in [2.75, 3.05) is 5.32 Å². The van der Waals surface area contributed by atoms with Crippen molar-refractivity contribution in [1.29, 1.82) is 0 Å². The van der Waals surface area contributed by atoms with Gasteiger partial charge in [-0.15, -0.1) is 0 Å². The van der Waals surface area contributed by atoms with Gasteiger partial charge in [0.1, 0.15) is 5.75 Å². The third kappa shape index (κ3) is 2.48. The molecule has 1 aliphatic heterocycles. The quantitative estimate of drug-likeness (QED) is 0.676. The largest absolute Gasteiger partial charge is 0.508 e. The third-order valence-electron chi connectivity index (χ3n) is 3.59. The van der Waals surface area contributed by atoms with Crippen LogP contribution in [0.5, 0.6) is 5.75 Å². The molecule has 0 radical (unpaired) electrons. The first-order chi connectivity index (χ1) is 11.2. The molecule has 0 fully saturated rings. The lowest BCUT2D eigenvalue weighted by Gasteiger charge is -2.18. The molecule has 7 nitrogen and oxygen atoms in total. The number of nitrogens with zero attached hydrogens (tertiary/aromatic N) is 2. The molecule has 2 heterocycles. The number of benzene rings is 2. The maximum absolute atomic E-state index is 11.3. The van der Waals surface area contributed by atoms with E-state index < -0.39 is 0 Å². The van der Waals surface area contributed by atoms with Gasteiger partial charge in [0.2, 0.25) is 5.82 Å². The summed E-state index contributed by atoms with van der Waals surface area (Å²) in [7, 11) is 0. The molecule has 2 amide bonds. The van der Waals surface area contributed by atoms with Gasteiger partial charge in [0.25, 0.3) is 5.89 Å². The predicted octanol–water partition coefficient (Wildman–Crippen LogP) is 2.74. The average Bonchev–Trinajstić information content (AvgIpc) is 3.05. The van der Waals surface area contributed by atoms with Crippen molar-refractivity contribution in [2.45, 2.75) is 6.54 Å². The molecule has 23 heavy (non-hydrogen) atoms. The molecule has 7 heteroatoms. The number of rotatable bonds is 2. The second-order valence-corrected chi connectivity index (χ2v) is 5.15. The molecule has 0 spiro atoms. The molecule has 0 atom stereocenters. The van der Waals surface area contributed by atoms with Crippen LogP contribution in [0.4, 0.5) is 10.5 Å². The van der Waals surface area contributed by atoms with Crippen molar-refractivity contribution in [3.05, 3.63) is 48.0 Å². The summed E-state index contributed by atoms with van der Waals surface area (Å²) in [6, 6.07) is 11.9. The third-order valence-corrected chi connectivity index (χ3v) is 3.59. The van der Waals surface area contributed by atoms with E-state index in [9.17, 15) is 9.90 Å². The SMILES string of the molecule is O=C1NCc2cc(-c3nc(-c4ccc(O)cc4)no3)ccc2N1. The first kappa shape index (κ1) is 13.3. The van der Waals surface area contributed by atoms with Gasteiger partial charge >= 0.3 is 6.03 Å². The Bertz CT molecular complexity index is 887. The summed E-state index contributed by atoms with van der Waals surface area (Å²) in [5.74, 6) is 1.03. The highest BCUT2D eigenvalue weighted by Crippen LogP contribution is 2.28. The van der Waals surface area contributed by atoms with Crippen molar-refractivity contribution in [1.82, 2.24) is 15.5 Å². The fraction of sp³-hybridized carbons (Fsp3) is 0.0625. The van der Waals surface area contributed by atoms with E-state index in [1.54, 1.807) is 24.3 Å². The van der Waals surface area contributed by atoms with Gasteiger partial charge < -0.3 is 20.3 Å². The Labute approximate surface area is 131 Å². The van der Waals surface area contributed by atoms with Crippen LogP contribution in [0.15, 0.2) is 47.0 Å². The van der Waals surface area contributed by atoms with E-state index in [-0.39, 0.29) is 11.8 Å². The van der Waals surface area contributed by atoms with E-state index >= 15 is 0 Å². The van der Waals surface area contributed by atoms with E-state index in [1.807, 2.05) is 18.2 Å². The van der Waals surface area contributed by atoms with Crippen molar-refractivity contribution < 1.29 is 14.4 Å². The topological polar surface area (TPSA) is 100 Å². The molecular formula is C16H12N4O3. The zero-order valence-electron chi connectivity index (χ0n) is 11.9. The van der Waals surface area contributed by atoms with Crippen LogP contribution in [0.3, 0.4) is 0 Å². The van der Waals surface area contributed by atoms with Crippen LogP contribution in [-0.2, 0) is 6.54 Å². The van der Waals surface area contributed by atoms with Crippen LogP contribution in [0.1, 0.15) is 5.56 Å². The molecule has 1 aliphatic rings. The number of carbonyl (C=O) groups is 1. The number of carbonyl (C=O) groups excluding carboxylic acids is 1. The summed E-state index contributed by atoms with van der Waals surface area (Å²) >= 11 is 0. The zero-order chi connectivity index (χ0) is 15.8. The average molecular weight is 308 g/mol. The number of phenolic OH excluding ortho intramolecular Hbond substituents is 1. The van der Waals surface area contributed by atoms with Gasteiger partial charge in [-0.05, 0) is 48.0 Å². The van der Waals surface area contributed by atoms with Gasteiger partial charge in [0.15, 0.2) is 0 Å². The fourth-order valence-corrected chi connectivity index (χ4v) is 2.41. The minimum atomic E-state index is -0.211. The molecule has 1 aromatic heterocycles. The summed E-state index contributed by atoms with van der Waals surface area (Å²) in [4.78, 5) is 15.7. The highest BCUT2D eigenvalue weighted by Gasteiger charge is 2.16. The molecule has 0 bridgehead atoms. The molecule has 2 aromatic carbocycles. The predicted molar refractivity (Wildman–Crippen MR) is 82.7 cm³/mol. The van der Waals surface area contributed by atoms with Gasteiger partial charge in [-0.1, -0.05) is 5.16 Å². The van der Waals surface area contributed by atoms with E-state index in [0.29, 0.717) is 18.3 Å². The Morgan fingerprint density at radius 3 is 2.70 bits per heavy atom. The molecular weight excluding hydrogens is 296 g/mol. The lowest BCUT2D eigenvalue weighted by atomic mass is 10.1. The number of aromatic hydroxyl groups is 1. The van der Waals surface area contributed by atoms with E-state index in [0.717, 1.165) is 22.4 Å².